The van der Waals surface area contributed by atoms with Gasteiger partial charge in [0.15, 0.2) is 5.75 Å². The van der Waals surface area contributed by atoms with Gasteiger partial charge in [-0.1, -0.05) is 12.1 Å². The molecule has 2 amide bonds. The Labute approximate surface area is 153 Å². The van der Waals surface area contributed by atoms with E-state index in [-0.39, 0.29) is 11.4 Å². The third-order valence-electron chi connectivity index (χ3n) is 4.14. The molecule has 1 heterocycles. The maximum atomic E-state index is 12.5. The van der Waals surface area contributed by atoms with Crippen LogP contribution in [0.5, 0.6) is 11.5 Å². The summed E-state index contributed by atoms with van der Waals surface area (Å²) < 4.78 is 41.4. The number of phenols is 1. The third kappa shape index (κ3) is 4.96. The molecule has 0 aromatic heterocycles. The fraction of sp³-hybridized carbons (Fsp3) is 0.278. The van der Waals surface area contributed by atoms with Crippen LogP contribution in [0.1, 0.15) is 0 Å². The van der Waals surface area contributed by atoms with E-state index in [1.165, 1.54) is 23.1 Å². The lowest BCUT2D eigenvalue weighted by atomic mass is 10.2. The highest BCUT2D eigenvalue weighted by Gasteiger charge is 2.32. The van der Waals surface area contributed by atoms with E-state index in [4.69, 9.17) is 0 Å². The van der Waals surface area contributed by atoms with E-state index in [0.717, 1.165) is 11.8 Å². The largest absolute Gasteiger partial charge is 0.573 e. The van der Waals surface area contributed by atoms with Gasteiger partial charge in [0.05, 0.1) is 5.69 Å². The molecule has 3 rings (SSSR count). The molecule has 0 spiro atoms. The molecule has 27 heavy (non-hydrogen) atoms. The van der Waals surface area contributed by atoms with Gasteiger partial charge in [-0.05, 0) is 36.4 Å². The number of halogens is 3. The number of piperazine rings is 1. The lowest BCUT2D eigenvalue weighted by molar-refractivity contribution is -0.274. The van der Waals surface area contributed by atoms with E-state index < -0.39 is 18.1 Å². The van der Waals surface area contributed by atoms with Crippen LogP contribution in [-0.2, 0) is 0 Å². The summed E-state index contributed by atoms with van der Waals surface area (Å²) in [4.78, 5) is 16.0. The van der Waals surface area contributed by atoms with Gasteiger partial charge in [-0.15, -0.1) is 13.2 Å². The molecular formula is C18H18F3N3O3. The van der Waals surface area contributed by atoms with E-state index >= 15 is 0 Å². The molecule has 9 heteroatoms. The fourth-order valence-corrected chi connectivity index (χ4v) is 2.81. The molecule has 1 fully saturated rings. The second-order valence-corrected chi connectivity index (χ2v) is 5.96. The zero-order chi connectivity index (χ0) is 19.4. The number of hydrogen-bond donors (Lipinski definition) is 2. The third-order valence-corrected chi connectivity index (χ3v) is 4.14. The van der Waals surface area contributed by atoms with Crippen molar-refractivity contribution >= 4 is 17.4 Å². The van der Waals surface area contributed by atoms with Crippen molar-refractivity contribution in [1.82, 2.24) is 4.90 Å². The fourth-order valence-electron chi connectivity index (χ4n) is 2.81. The van der Waals surface area contributed by atoms with Gasteiger partial charge in [0, 0.05) is 31.9 Å². The van der Waals surface area contributed by atoms with Crippen LogP contribution in [0.3, 0.4) is 0 Å². The lowest BCUT2D eigenvalue weighted by Gasteiger charge is -2.36. The molecule has 1 aliphatic heterocycles. The number of nitrogens with one attached hydrogen (secondary N) is 1. The van der Waals surface area contributed by atoms with Crippen molar-refractivity contribution in [2.75, 3.05) is 36.4 Å². The second kappa shape index (κ2) is 7.65. The number of benzene rings is 2. The number of urea groups is 1. The Hall–Kier alpha value is -3.10. The molecule has 0 radical (unpaired) electrons. The van der Waals surface area contributed by atoms with Crippen LogP contribution in [0.2, 0.25) is 0 Å². The molecule has 2 aromatic carbocycles. The molecule has 0 bridgehead atoms. The summed E-state index contributed by atoms with van der Waals surface area (Å²) in [7, 11) is 0. The number of ether oxygens (including phenoxy) is 1. The number of alkyl halides is 3. The molecule has 0 saturated carbocycles. The quantitative estimate of drug-likeness (QED) is 0.852. The van der Waals surface area contributed by atoms with Crippen LogP contribution in [-0.4, -0.2) is 48.6 Å². The molecule has 0 aliphatic carbocycles. The highest BCUT2D eigenvalue weighted by molar-refractivity contribution is 5.91. The number of rotatable bonds is 3. The highest BCUT2D eigenvalue weighted by Crippen LogP contribution is 2.30. The number of amides is 2. The lowest BCUT2D eigenvalue weighted by Crippen LogP contribution is -2.50. The molecule has 2 N–H and O–H groups in total. The predicted molar refractivity (Wildman–Crippen MR) is 94.0 cm³/mol. The number of hydrogen-bond acceptors (Lipinski definition) is 4. The molecule has 144 valence electrons. The summed E-state index contributed by atoms with van der Waals surface area (Å²) >= 11 is 0. The van der Waals surface area contributed by atoms with E-state index in [0.29, 0.717) is 26.2 Å². The summed E-state index contributed by atoms with van der Waals surface area (Å²) in [5.74, 6) is -0.280. The van der Waals surface area contributed by atoms with Crippen LogP contribution in [0.25, 0.3) is 0 Å². The first-order chi connectivity index (χ1) is 12.8. The van der Waals surface area contributed by atoms with E-state index in [1.54, 1.807) is 24.3 Å². The van der Waals surface area contributed by atoms with Gasteiger partial charge in [-0.25, -0.2) is 4.79 Å². The average molecular weight is 381 g/mol. The van der Waals surface area contributed by atoms with E-state index in [2.05, 4.69) is 15.0 Å². The molecule has 6 nitrogen and oxygen atoms in total. The first-order valence-corrected chi connectivity index (χ1v) is 8.26. The van der Waals surface area contributed by atoms with Gasteiger partial charge in [0.2, 0.25) is 0 Å². The van der Waals surface area contributed by atoms with Crippen molar-refractivity contribution < 1.29 is 27.8 Å². The maximum Gasteiger partial charge on any atom is 0.573 e. The van der Waals surface area contributed by atoms with Crippen LogP contribution in [0.15, 0.2) is 48.5 Å². The Morgan fingerprint density at radius 3 is 2.26 bits per heavy atom. The topological polar surface area (TPSA) is 65.0 Å². The van der Waals surface area contributed by atoms with Crippen molar-refractivity contribution in [2.45, 2.75) is 6.36 Å². The molecular weight excluding hydrogens is 363 g/mol. The summed E-state index contributed by atoms with van der Waals surface area (Å²) in [6.45, 7) is 1.96. The summed E-state index contributed by atoms with van der Waals surface area (Å²) in [5, 5.41) is 11.8. The smallest absolute Gasteiger partial charge is 0.508 e. The molecule has 2 aromatic rings. The minimum absolute atomic E-state index is 0.0409. The summed E-state index contributed by atoms with van der Waals surface area (Å²) in [6.07, 6.45) is -4.84. The number of carbonyl (C=O) groups excluding carboxylic acids is 1. The summed E-state index contributed by atoms with van der Waals surface area (Å²) in [5.41, 5.74) is 0.887. The van der Waals surface area contributed by atoms with Crippen LogP contribution in [0.4, 0.5) is 29.3 Å². The number of anilines is 2. The number of phenolic OH excluding ortho intramolecular Hbond substituents is 1. The van der Waals surface area contributed by atoms with Crippen molar-refractivity contribution in [3.63, 3.8) is 0 Å². The Morgan fingerprint density at radius 1 is 1.00 bits per heavy atom. The first kappa shape index (κ1) is 18.7. The predicted octanol–water partition coefficient (Wildman–Crippen LogP) is 3.64. The van der Waals surface area contributed by atoms with Crippen LogP contribution >= 0.6 is 0 Å². The van der Waals surface area contributed by atoms with Gasteiger partial charge >= 0.3 is 12.4 Å². The Kier molecular flexibility index (Phi) is 5.29. The molecule has 1 saturated heterocycles. The first-order valence-electron chi connectivity index (χ1n) is 8.26. The Morgan fingerprint density at radius 2 is 1.63 bits per heavy atom. The number of para-hydroxylation sites is 2. The maximum absolute atomic E-state index is 12.5. The summed E-state index contributed by atoms with van der Waals surface area (Å²) in [6, 6.07) is 11.7. The van der Waals surface area contributed by atoms with Crippen molar-refractivity contribution in [3.8, 4) is 11.5 Å². The van der Waals surface area contributed by atoms with Gasteiger partial charge in [-0.3, -0.25) is 0 Å². The van der Waals surface area contributed by atoms with Gasteiger partial charge in [-0.2, -0.15) is 0 Å². The highest BCUT2D eigenvalue weighted by atomic mass is 19.4. The van der Waals surface area contributed by atoms with Gasteiger partial charge in [0.1, 0.15) is 5.75 Å². The van der Waals surface area contributed by atoms with Crippen molar-refractivity contribution in [2.24, 2.45) is 0 Å². The minimum Gasteiger partial charge on any atom is -0.508 e. The standard InChI is InChI=1S/C18H18F3N3O3/c19-18(20,21)27-16-4-2-1-3-15(16)22-17(26)24-11-9-23(10-12-24)13-5-7-14(25)8-6-13/h1-8,25H,9-12H2,(H,22,26). The molecule has 0 unspecified atom stereocenters. The zero-order valence-electron chi connectivity index (χ0n) is 14.2. The van der Waals surface area contributed by atoms with E-state index in [1.807, 2.05) is 0 Å². The Balaban J connectivity index is 1.59. The number of aromatic hydroxyl groups is 1. The minimum atomic E-state index is -4.84. The van der Waals surface area contributed by atoms with Crippen molar-refractivity contribution in [1.29, 1.82) is 0 Å². The van der Waals surface area contributed by atoms with Crippen LogP contribution < -0.4 is 15.0 Å². The molecule has 1 aliphatic rings. The van der Waals surface area contributed by atoms with Crippen molar-refractivity contribution in [3.05, 3.63) is 48.5 Å². The van der Waals surface area contributed by atoms with E-state index in [9.17, 15) is 23.1 Å². The van der Waals surface area contributed by atoms with Gasteiger partial charge in [0.25, 0.3) is 0 Å². The SMILES string of the molecule is O=C(Nc1ccccc1OC(F)(F)F)N1CCN(c2ccc(O)cc2)CC1. The molecule has 0 atom stereocenters. The second-order valence-electron chi connectivity index (χ2n) is 5.96. The van der Waals surface area contributed by atoms with Gasteiger partial charge < -0.3 is 25.0 Å². The average Bonchev–Trinajstić information content (AvgIpc) is 2.63. The normalized spacial score (nSPS) is 14.8. The number of carbonyl (C=O) groups is 1. The zero-order valence-corrected chi connectivity index (χ0v) is 14.2. The monoisotopic (exact) mass is 381 g/mol. The van der Waals surface area contributed by atoms with Crippen LogP contribution in [0, 0.1) is 0 Å². The number of nitrogens with zero attached hydrogens (tertiary/aromatic N) is 2. The Bertz CT molecular complexity index is 788.